The van der Waals surface area contributed by atoms with Gasteiger partial charge in [0.2, 0.25) is 0 Å². The molecule has 8 heteroatoms. The number of thiazole rings is 1. The molecule has 2 atom stereocenters. The molecule has 2 aliphatic heterocycles. The lowest BCUT2D eigenvalue weighted by atomic mass is 10.1. The third-order valence-corrected chi connectivity index (χ3v) is 5.39. The number of hydrogen-bond donors (Lipinski definition) is 2. The van der Waals surface area contributed by atoms with E-state index >= 15 is 0 Å². The average molecular weight is 374 g/mol. The number of rotatable bonds is 4. The summed E-state index contributed by atoms with van der Waals surface area (Å²) >= 11 is 1.44. The highest BCUT2D eigenvalue weighted by Crippen LogP contribution is 2.36. The molecular weight excluding hydrogens is 352 g/mol. The minimum atomic E-state index is -0.269. The Bertz CT molecular complexity index is 775. The number of para-hydroxylation sites is 1. The molecule has 26 heavy (non-hydrogen) atoms. The molecule has 0 bridgehead atoms. The molecule has 0 saturated carbocycles. The van der Waals surface area contributed by atoms with Gasteiger partial charge in [0.05, 0.1) is 24.9 Å². The van der Waals surface area contributed by atoms with Crippen LogP contribution in [0.2, 0.25) is 0 Å². The smallest absolute Gasteiger partial charge is 0.321 e. The summed E-state index contributed by atoms with van der Waals surface area (Å²) in [5, 5.41) is 8.42. The maximum absolute atomic E-state index is 12.4. The Balaban J connectivity index is 1.34. The Labute approximate surface area is 156 Å². The van der Waals surface area contributed by atoms with Gasteiger partial charge in [0.25, 0.3) is 0 Å². The van der Waals surface area contributed by atoms with Crippen LogP contribution in [0.15, 0.2) is 29.6 Å². The van der Waals surface area contributed by atoms with Crippen molar-refractivity contribution >= 4 is 22.5 Å². The van der Waals surface area contributed by atoms with Crippen LogP contribution in [0.25, 0.3) is 0 Å². The number of benzene rings is 1. The van der Waals surface area contributed by atoms with Gasteiger partial charge in [-0.15, -0.1) is 11.3 Å². The topological polar surface area (TPSA) is 75.7 Å². The number of anilines is 1. The Morgan fingerprint density at radius 2 is 2.15 bits per heavy atom. The summed E-state index contributed by atoms with van der Waals surface area (Å²) in [5.74, 6) is 0.826. The molecule has 2 aromatic rings. The van der Waals surface area contributed by atoms with E-state index in [-0.39, 0.29) is 18.2 Å². The van der Waals surface area contributed by atoms with Gasteiger partial charge >= 0.3 is 6.03 Å². The van der Waals surface area contributed by atoms with Crippen LogP contribution in [0.4, 0.5) is 9.93 Å². The molecule has 0 spiro atoms. The predicted octanol–water partition coefficient (Wildman–Crippen LogP) is 2.62. The van der Waals surface area contributed by atoms with Gasteiger partial charge in [0.1, 0.15) is 11.9 Å². The molecule has 138 valence electrons. The van der Waals surface area contributed by atoms with Crippen LogP contribution in [0.3, 0.4) is 0 Å². The summed E-state index contributed by atoms with van der Waals surface area (Å²) in [6.07, 6.45) is -0.105. The van der Waals surface area contributed by atoms with Crippen molar-refractivity contribution in [2.75, 3.05) is 31.6 Å². The zero-order valence-electron chi connectivity index (χ0n) is 14.6. The zero-order valence-corrected chi connectivity index (χ0v) is 15.4. The van der Waals surface area contributed by atoms with Crippen LogP contribution < -0.4 is 15.4 Å². The number of aromatic nitrogens is 1. The summed E-state index contributed by atoms with van der Waals surface area (Å²) in [6.45, 7) is 6.10. The van der Waals surface area contributed by atoms with Crippen molar-refractivity contribution in [3.8, 4) is 5.75 Å². The summed E-state index contributed by atoms with van der Waals surface area (Å²) in [4.78, 5) is 19.2. The number of carbonyl (C=O) groups excluding carboxylic acids is 1. The molecule has 2 unspecified atom stereocenters. The number of amides is 2. The van der Waals surface area contributed by atoms with Crippen molar-refractivity contribution in [2.45, 2.75) is 25.6 Å². The molecule has 7 nitrogen and oxygen atoms in total. The van der Waals surface area contributed by atoms with Gasteiger partial charge < -0.3 is 14.8 Å². The fourth-order valence-corrected chi connectivity index (χ4v) is 3.96. The van der Waals surface area contributed by atoms with Gasteiger partial charge in [-0.1, -0.05) is 18.2 Å². The maximum Gasteiger partial charge on any atom is 0.321 e. The standard InChI is InChI=1S/C18H22N4O3S/c1-12-16(14-4-2-3-5-15(14)25-12)20-17(23)21-18-19-13(11-26-18)10-22-6-8-24-9-7-22/h2-5,11-12,16H,6-10H2,1H3,(H2,19,20,21,23). The van der Waals surface area contributed by atoms with E-state index in [2.05, 4.69) is 20.5 Å². The first kappa shape index (κ1) is 17.3. The highest BCUT2D eigenvalue weighted by atomic mass is 32.1. The quantitative estimate of drug-likeness (QED) is 0.860. The van der Waals surface area contributed by atoms with E-state index < -0.39 is 0 Å². The largest absolute Gasteiger partial charge is 0.488 e. The molecule has 2 N–H and O–H groups in total. The molecule has 1 aromatic heterocycles. The van der Waals surface area contributed by atoms with Gasteiger partial charge in [-0.2, -0.15) is 0 Å². The molecule has 0 radical (unpaired) electrons. The van der Waals surface area contributed by atoms with E-state index in [0.29, 0.717) is 5.13 Å². The number of fused-ring (bicyclic) bond motifs is 1. The lowest BCUT2D eigenvalue weighted by Crippen LogP contribution is -2.37. The Hall–Kier alpha value is -2.16. The van der Waals surface area contributed by atoms with Crippen molar-refractivity contribution < 1.29 is 14.3 Å². The van der Waals surface area contributed by atoms with Crippen molar-refractivity contribution in [3.63, 3.8) is 0 Å². The number of nitrogens with one attached hydrogen (secondary N) is 2. The SMILES string of the molecule is CC1Oc2ccccc2C1NC(=O)Nc1nc(CN2CCOCC2)cs1. The maximum atomic E-state index is 12.4. The second-order valence-corrected chi connectivity index (χ2v) is 7.33. The third kappa shape index (κ3) is 3.82. The molecule has 1 fully saturated rings. The number of ether oxygens (including phenoxy) is 2. The molecular formula is C18H22N4O3S. The highest BCUT2D eigenvalue weighted by Gasteiger charge is 2.32. The van der Waals surface area contributed by atoms with Crippen molar-refractivity contribution in [1.29, 1.82) is 0 Å². The fourth-order valence-electron chi connectivity index (χ4n) is 3.26. The minimum absolute atomic E-state index is 0.105. The van der Waals surface area contributed by atoms with Crippen LogP contribution in [0.5, 0.6) is 5.75 Å². The van der Waals surface area contributed by atoms with Gasteiger partial charge in [-0.25, -0.2) is 9.78 Å². The van der Waals surface area contributed by atoms with E-state index in [1.165, 1.54) is 11.3 Å². The number of morpholine rings is 1. The van der Waals surface area contributed by atoms with E-state index in [0.717, 1.165) is 49.9 Å². The van der Waals surface area contributed by atoms with Crippen LogP contribution in [0, 0.1) is 0 Å². The number of nitrogens with zero attached hydrogens (tertiary/aromatic N) is 2. The van der Waals surface area contributed by atoms with Gasteiger partial charge in [-0.3, -0.25) is 10.2 Å². The van der Waals surface area contributed by atoms with Gasteiger partial charge in [0.15, 0.2) is 5.13 Å². The number of hydrogen-bond acceptors (Lipinski definition) is 6. The van der Waals surface area contributed by atoms with E-state index in [1.54, 1.807) is 0 Å². The monoisotopic (exact) mass is 374 g/mol. The van der Waals surface area contributed by atoms with E-state index in [9.17, 15) is 4.79 Å². The summed E-state index contributed by atoms with van der Waals surface area (Å²) in [5.41, 5.74) is 1.97. The Morgan fingerprint density at radius 1 is 1.35 bits per heavy atom. The van der Waals surface area contributed by atoms with Crippen LogP contribution in [-0.4, -0.2) is 48.3 Å². The van der Waals surface area contributed by atoms with E-state index in [1.807, 2.05) is 36.6 Å². The molecule has 4 rings (SSSR count). The fraction of sp³-hybridized carbons (Fsp3) is 0.444. The first-order chi connectivity index (χ1) is 12.7. The third-order valence-electron chi connectivity index (χ3n) is 4.58. The molecule has 3 heterocycles. The average Bonchev–Trinajstić information content (AvgIpc) is 3.20. The summed E-state index contributed by atoms with van der Waals surface area (Å²) < 4.78 is 11.1. The second kappa shape index (κ2) is 7.61. The first-order valence-corrected chi connectivity index (χ1v) is 9.64. The van der Waals surface area contributed by atoms with Gasteiger partial charge in [-0.05, 0) is 13.0 Å². The Kier molecular flexibility index (Phi) is 5.05. The Morgan fingerprint density at radius 3 is 3.00 bits per heavy atom. The van der Waals surface area contributed by atoms with Crippen molar-refractivity contribution in [1.82, 2.24) is 15.2 Å². The van der Waals surface area contributed by atoms with Crippen LogP contribution >= 0.6 is 11.3 Å². The normalized spacial score (nSPS) is 22.5. The van der Waals surface area contributed by atoms with E-state index in [4.69, 9.17) is 9.47 Å². The molecule has 1 saturated heterocycles. The number of carbonyl (C=O) groups is 1. The minimum Gasteiger partial charge on any atom is -0.488 e. The summed E-state index contributed by atoms with van der Waals surface area (Å²) in [7, 11) is 0. The molecule has 2 aliphatic rings. The van der Waals surface area contributed by atoms with Crippen molar-refractivity contribution in [3.05, 3.63) is 40.9 Å². The zero-order chi connectivity index (χ0) is 17.9. The molecule has 0 aliphatic carbocycles. The number of urea groups is 1. The second-order valence-electron chi connectivity index (χ2n) is 6.47. The molecule has 2 amide bonds. The first-order valence-electron chi connectivity index (χ1n) is 8.76. The van der Waals surface area contributed by atoms with Gasteiger partial charge in [0, 0.05) is 30.6 Å². The lowest BCUT2D eigenvalue weighted by Gasteiger charge is -2.25. The molecule has 1 aromatic carbocycles. The van der Waals surface area contributed by atoms with Crippen LogP contribution in [-0.2, 0) is 11.3 Å². The van der Waals surface area contributed by atoms with Crippen molar-refractivity contribution in [2.24, 2.45) is 0 Å². The lowest BCUT2D eigenvalue weighted by molar-refractivity contribution is 0.0337. The predicted molar refractivity (Wildman–Crippen MR) is 99.6 cm³/mol. The van der Waals surface area contributed by atoms with Crippen LogP contribution in [0.1, 0.15) is 24.2 Å². The highest BCUT2D eigenvalue weighted by molar-refractivity contribution is 7.13. The summed E-state index contributed by atoms with van der Waals surface area (Å²) in [6, 6.07) is 7.34.